The molecule has 0 unspecified atom stereocenters. The number of nitrogen functional groups attached to an aromatic ring is 1. The highest BCUT2D eigenvalue weighted by Crippen LogP contribution is 2.32. The van der Waals surface area contributed by atoms with Gasteiger partial charge in [0.05, 0.1) is 12.3 Å². The van der Waals surface area contributed by atoms with Crippen LogP contribution in [0.4, 0.5) is 5.69 Å². The maximum atomic E-state index is 11.6. The van der Waals surface area contributed by atoms with Crippen molar-refractivity contribution in [1.82, 2.24) is 4.57 Å². The quantitative estimate of drug-likeness (QED) is 0.764. The molecule has 1 fully saturated rings. The molecule has 0 aromatic carbocycles. The number of nitrogens with zero attached hydrogens (tertiary/aromatic N) is 1. The molecular weight excluding hydrogens is 192 g/mol. The van der Waals surface area contributed by atoms with Gasteiger partial charge in [0.15, 0.2) is 0 Å². The highest BCUT2D eigenvalue weighted by Gasteiger charge is 2.21. The smallest absolute Gasteiger partial charge is 0.355 e. The monoisotopic (exact) mass is 208 g/mol. The average molecular weight is 208 g/mol. The van der Waals surface area contributed by atoms with Crippen LogP contribution in [0.5, 0.6) is 0 Å². The summed E-state index contributed by atoms with van der Waals surface area (Å²) >= 11 is 0. The van der Waals surface area contributed by atoms with Crippen molar-refractivity contribution < 1.29 is 9.53 Å². The predicted octanol–water partition coefficient (Wildman–Crippen LogP) is 1.56. The number of ether oxygens (including phenoxy) is 1. The maximum Gasteiger partial charge on any atom is 0.355 e. The lowest BCUT2D eigenvalue weighted by molar-refractivity contribution is 0.0484. The summed E-state index contributed by atoms with van der Waals surface area (Å²) in [5.41, 5.74) is 6.68. The van der Waals surface area contributed by atoms with Crippen LogP contribution in [0, 0.1) is 5.92 Å². The molecule has 1 saturated carbocycles. The number of aromatic nitrogens is 1. The summed E-state index contributed by atoms with van der Waals surface area (Å²) in [4.78, 5) is 11.6. The molecule has 0 bridgehead atoms. The number of nitrogens with two attached hydrogens (primary N) is 1. The van der Waals surface area contributed by atoms with Crippen LogP contribution in [0.25, 0.3) is 0 Å². The zero-order valence-corrected chi connectivity index (χ0v) is 8.90. The molecule has 2 N–H and O–H groups in total. The van der Waals surface area contributed by atoms with Gasteiger partial charge in [-0.2, -0.15) is 0 Å². The van der Waals surface area contributed by atoms with Crippen molar-refractivity contribution in [3.8, 4) is 0 Å². The van der Waals surface area contributed by atoms with E-state index in [4.69, 9.17) is 10.5 Å². The Hall–Kier alpha value is -1.45. The Morgan fingerprint density at radius 3 is 2.93 bits per heavy atom. The van der Waals surface area contributed by atoms with Crippen molar-refractivity contribution in [3.63, 3.8) is 0 Å². The van der Waals surface area contributed by atoms with E-state index in [1.54, 1.807) is 23.9 Å². The van der Waals surface area contributed by atoms with Crippen molar-refractivity contribution in [2.45, 2.75) is 19.3 Å². The van der Waals surface area contributed by atoms with Gasteiger partial charge in [-0.3, -0.25) is 0 Å². The second kappa shape index (κ2) is 3.96. The molecule has 82 valence electrons. The number of anilines is 1. The van der Waals surface area contributed by atoms with Crippen molar-refractivity contribution >= 4 is 11.7 Å². The third kappa shape index (κ3) is 2.52. The third-order valence-electron chi connectivity index (χ3n) is 2.69. The summed E-state index contributed by atoms with van der Waals surface area (Å²) < 4.78 is 6.85. The van der Waals surface area contributed by atoms with E-state index in [1.807, 2.05) is 0 Å². The van der Waals surface area contributed by atoms with Gasteiger partial charge in [-0.15, -0.1) is 0 Å². The Bertz CT molecular complexity index is 367. The molecule has 4 nitrogen and oxygen atoms in total. The van der Waals surface area contributed by atoms with E-state index in [0.717, 1.165) is 12.3 Å². The number of hydrogen-bond donors (Lipinski definition) is 1. The van der Waals surface area contributed by atoms with Gasteiger partial charge in [-0.25, -0.2) is 4.79 Å². The Morgan fingerprint density at radius 2 is 2.40 bits per heavy atom. The maximum absolute atomic E-state index is 11.6. The van der Waals surface area contributed by atoms with E-state index in [1.165, 1.54) is 12.8 Å². The van der Waals surface area contributed by atoms with Crippen molar-refractivity contribution in [3.05, 3.63) is 18.0 Å². The van der Waals surface area contributed by atoms with Crippen LogP contribution >= 0.6 is 0 Å². The molecule has 0 saturated heterocycles. The lowest BCUT2D eigenvalue weighted by Crippen LogP contribution is -2.10. The van der Waals surface area contributed by atoms with Crippen LogP contribution < -0.4 is 5.73 Å². The minimum absolute atomic E-state index is 0.283. The number of rotatable bonds is 4. The summed E-state index contributed by atoms with van der Waals surface area (Å²) in [7, 11) is 1.79. The molecule has 4 heteroatoms. The summed E-state index contributed by atoms with van der Waals surface area (Å²) in [5, 5.41) is 0. The molecule has 0 radical (unpaired) electrons. The Morgan fingerprint density at radius 1 is 1.67 bits per heavy atom. The highest BCUT2D eigenvalue weighted by molar-refractivity contribution is 5.89. The topological polar surface area (TPSA) is 57.2 Å². The van der Waals surface area contributed by atoms with Crippen molar-refractivity contribution in [1.29, 1.82) is 0 Å². The van der Waals surface area contributed by atoms with E-state index in [2.05, 4.69) is 0 Å². The van der Waals surface area contributed by atoms with Crippen molar-refractivity contribution in [2.75, 3.05) is 12.3 Å². The first-order valence-corrected chi connectivity index (χ1v) is 5.26. The number of esters is 1. The van der Waals surface area contributed by atoms with Crippen LogP contribution in [0.1, 0.15) is 29.8 Å². The fourth-order valence-corrected chi connectivity index (χ4v) is 1.59. The molecule has 0 amide bonds. The largest absolute Gasteiger partial charge is 0.461 e. The minimum atomic E-state index is -0.283. The Kier molecular flexibility index (Phi) is 2.66. The number of aryl methyl sites for hydroxylation is 1. The van der Waals surface area contributed by atoms with Gasteiger partial charge < -0.3 is 15.0 Å². The van der Waals surface area contributed by atoms with Gasteiger partial charge in [0.2, 0.25) is 0 Å². The normalized spacial score (nSPS) is 15.3. The molecule has 1 heterocycles. The Balaban J connectivity index is 1.86. The number of hydrogen-bond acceptors (Lipinski definition) is 3. The summed E-state index contributed by atoms with van der Waals surface area (Å²) in [6.07, 6.45) is 5.27. The Labute approximate surface area is 89.0 Å². The molecule has 2 rings (SSSR count). The van der Waals surface area contributed by atoms with Crippen LogP contribution in [-0.2, 0) is 11.8 Å². The van der Waals surface area contributed by atoms with Crippen LogP contribution in [0.3, 0.4) is 0 Å². The van der Waals surface area contributed by atoms with Crippen molar-refractivity contribution in [2.24, 2.45) is 13.0 Å². The molecule has 1 aliphatic rings. The van der Waals surface area contributed by atoms with E-state index < -0.39 is 0 Å². The first-order chi connectivity index (χ1) is 7.16. The highest BCUT2D eigenvalue weighted by atomic mass is 16.5. The van der Waals surface area contributed by atoms with Crippen LogP contribution in [0.2, 0.25) is 0 Å². The zero-order valence-electron chi connectivity index (χ0n) is 8.90. The fourth-order valence-electron chi connectivity index (χ4n) is 1.59. The van der Waals surface area contributed by atoms with Gasteiger partial charge in [-0.05, 0) is 18.4 Å². The van der Waals surface area contributed by atoms with Gasteiger partial charge in [0, 0.05) is 13.2 Å². The first kappa shape index (κ1) is 10.1. The van der Waals surface area contributed by atoms with Gasteiger partial charge in [0.1, 0.15) is 5.69 Å². The molecule has 1 aromatic heterocycles. The average Bonchev–Trinajstić information content (AvgIpc) is 2.92. The van der Waals surface area contributed by atoms with Gasteiger partial charge in [0.25, 0.3) is 0 Å². The van der Waals surface area contributed by atoms with E-state index in [9.17, 15) is 4.79 Å². The first-order valence-electron chi connectivity index (χ1n) is 5.26. The number of carbonyl (C=O) groups is 1. The molecule has 0 aliphatic heterocycles. The molecule has 1 aliphatic carbocycles. The van der Waals surface area contributed by atoms with Crippen LogP contribution in [-0.4, -0.2) is 17.1 Å². The summed E-state index contributed by atoms with van der Waals surface area (Å²) in [6, 6.07) is 1.64. The fraction of sp³-hybridized carbons (Fsp3) is 0.545. The SMILES string of the molecule is Cn1cc(N)cc1C(=O)OCCC1CC1. The second-order valence-electron chi connectivity index (χ2n) is 4.14. The second-order valence-corrected chi connectivity index (χ2v) is 4.14. The lowest BCUT2D eigenvalue weighted by atomic mass is 10.3. The summed E-state index contributed by atoms with van der Waals surface area (Å²) in [5.74, 6) is 0.506. The van der Waals surface area contributed by atoms with Gasteiger partial charge >= 0.3 is 5.97 Å². The molecule has 15 heavy (non-hydrogen) atoms. The molecular formula is C11H16N2O2. The standard InChI is InChI=1S/C11H16N2O2/c1-13-7-9(12)6-10(13)11(14)15-5-4-8-2-3-8/h6-8H,2-5,12H2,1H3. The predicted molar refractivity (Wildman–Crippen MR) is 57.4 cm³/mol. The molecule has 1 aromatic rings. The number of carbonyl (C=O) groups excluding carboxylic acids is 1. The minimum Gasteiger partial charge on any atom is -0.461 e. The van der Waals surface area contributed by atoms with E-state index in [0.29, 0.717) is 18.0 Å². The van der Waals surface area contributed by atoms with E-state index >= 15 is 0 Å². The van der Waals surface area contributed by atoms with E-state index in [-0.39, 0.29) is 5.97 Å². The zero-order chi connectivity index (χ0) is 10.8. The molecule has 0 spiro atoms. The molecule has 0 atom stereocenters. The van der Waals surface area contributed by atoms with Gasteiger partial charge in [-0.1, -0.05) is 12.8 Å². The third-order valence-corrected chi connectivity index (χ3v) is 2.69. The summed E-state index contributed by atoms with van der Waals surface area (Å²) in [6.45, 7) is 0.522. The van der Waals surface area contributed by atoms with Crippen LogP contribution in [0.15, 0.2) is 12.3 Å². The lowest BCUT2D eigenvalue weighted by Gasteiger charge is -2.04.